The van der Waals surface area contributed by atoms with Gasteiger partial charge in [0.05, 0.1) is 5.69 Å². The Morgan fingerprint density at radius 1 is 1.23 bits per heavy atom. The standard InChI is InChI=1S/C21H27N5/c1-4-17-8-5-7-15(2)19(17)13-25-10-6-9-18(12-25)20-11-16(3)24-21-22-14-23-26(20)21/h5,7-8,11,14,18H,4,6,9-10,12-13H2,1-3H3. The summed E-state index contributed by atoms with van der Waals surface area (Å²) >= 11 is 0. The van der Waals surface area contributed by atoms with Gasteiger partial charge in [0.2, 0.25) is 0 Å². The second-order valence-electron chi connectivity index (χ2n) is 7.43. The first kappa shape index (κ1) is 17.2. The Morgan fingerprint density at radius 3 is 2.96 bits per heavy atom. The first-order valence-electron chi connectivity index (χ1n) is 9.62. The minimum atomic E-state index is 0.476. The zero-order chi connectivity index (χ0) is 18.1. The van der Waals surface area contributed by atoms with Crippen LogP contribution in [-0.2, 0) is 13.0 Å². The van der Waals surface area contributed by atoms with E-state index in [-0.39, 0.29) is 0 Å². The normalized spacial score (nSPS) is 18.5. The molecule has 136 valence electrons. The predicted octanol–water partition coefficient (Wildman–Crippen LogP) is 3.68. The maximum absolute atomic E-state index is 4.49. The van der Waals surface area contributed by atoms with Crippen molar-refractivity contribution in [1.29, 1.82) is 0 Å². The fourth-order valence-corrected chi connectivity index (χ4v) is 4.23. The van der Waals surface area contributed by atoms with Crippen LogP contribution in [0.2, 0.25) is 0 Å². The Bertz CT molecular complexity index is 914. The monoisotopic (exact) mass is 349 g/mol. The molecule has 0 aliphatic carbocycles. The molecule has 5 heteroatoms. The molecule has 1 aromatic carbocycles. The van der Waals surface area contributed by atoms with Gasteiger partial charge in [-0.3, -0.25) is 4.90 Å². The van der Waals surface area contributed by atoms with Gasteiger partial charge in [0, 0.05) is 24.7 Å². The zero-order valence-corrected chi connectivity index (χ0v) is 15.9. The minimum absolute atomic E-state index is 0.476. The lowest BCUT2D eigenvalue weighted by Gasteiger charge is -2.33. The number of benzene rings is 1. The van der Waals surface area contributed by atoms with Crippen molar-refractivity contribution in [2.45, 2.75) is 52.5 Å². The van der Waals surface area contributed by atoms with Gasteiger partial charge in [-0.25, -0.2) is 9.50 Å². The van der Waals surface area contributed by atoms with E-state index in [1.807, 2.05) is 11.4 Å². The fraction of sp³-hybridized carbons (Fsp3) is 0.476. The first-order valence-corrected chi connectivity index (χ1v) is 9.62. The van der Waals surface area contributed by atoms with Crippen molar-refractivity contribution in [3.05, 3.63) is 58.7 Å². The summed E-state index contributed by atoms with van der Waals surface area (Å²) in [6.45, 7) is 9.80. The van der Waals surface area contributed by atoms with E-state index >= 15 is 0 Å². The average molecular weight is 349 g/mol. The number of aromatic nitrogens is 4. The van der Waals surface area contributed by atoms with Crippen LogP contribution in [0, 0.1) is 13.8 Å². The summed E-state index contributed by atoms with van der Waals surface area (Å²) in [7, 11) is 0. The van der Waals surface area contributed by atoms with Crippen LogP contribution >= 0.6 is 0 Å². The Kier molecular flexibility index (Phi) is 4.72. The zero-order valence-electron chi connectivity index (χ0n) is 15.9. The number of rotatable bonds is 4. The maximum Gasteiger partial charge on any atom is 0.252 e. The number of hydrogen-bond acceptors (Lipinski definition) is 4. The summed E-state index contributed by atoms with van der Waals surface area (Å²) < 4.78 is 1.92. The summed E-state index contributed by atoms with van der Waals surface area (Å²) in [5.74, 6) is 1.19. The van der Waals surface area contributed by atoms with Crippen molar-refractivity contribution in [3.8, 4) is 0 Å². The smallest absolute Gasteiger partial charge is 0.252 e. The molecular weight excluding hydrogens is 322 g/mol. The molecular formula is C21H27N5. The number of nitrogens with zero attached hydrogens (tertiary/aromatic N) is 5. The topological polar surface area (TPSA) is 46.3 Å². The first-order chi connectivity index (χ1) is 12.7. The van der Waals surface area contributed by atoms with E-state index in [1.165, 1.54) is 41.8 Å². The third-order valence-electron chi connectivity index (χ3n) is 5.60. The van der Waals surface area contributed by atoms with Gasteiger partial charge in [-0.2, -0.15) is 10.1 Å². The molecule has 0 N–H and O–H groups in total. The second-order valence-corrected chi connectivity index (χ2v) is 7.43. The van der Waals surface area contributed by atoms with Crippen molar-refractivity contribution in [2.24, 2.45) is 0 Å². The molecule has 5 nitrogen and oxygen atoms in total. The molecule has 1 fully saturated rings. The van der Waals surface area contributed by atoms with Crippen LogP contribution in [0.15, 0.2) is 30.6 Å². The van der Waals surface area contributed by atoms with Crippen molar-refractivity contribution in [2.75, 3.05) is 13.1 Å². The van der Waals surface area contributed by atoms with Gasteiger partial charge in [0.25, 0.3) is 5.78 Å². The summed E-state index contributed by atoms with van der Waals surface area (Å²) in [5.41, 5.74) is 6.66. The molecule has 0 amide bonds. The Balaban J connectivity index is 1.59. The average Bonchev–Trinajstić information content (AvgIpc) is 3.11. The lowest BCUT2D eigenvalue weighted by atomic mass is 9.92. The second kappa shape index (κ2) is 7.16. The molecule has 1 aliphatic rings. The molecule has 26 heavy (non-hydrogen) atoms. The quantitative estimate of drug-likeness (QED) is 0.721. The van der Waals surface area contributed by atoms with E-state index in [9.17, 15) is 0 Å². The molecule has 2 aromatic heterocycles. The lowest BCUT2D eigenvalue weighted by molar-refractivity contribution is 0.196. The van der Waals surface area contributed by atoms with Crippen LogP contribution in [0.3, 0.4) is 0 Å². The van der Waals surface area contributed by atoms with Gasteiger partial charge >= 0.3 is 0 Å². The fourth-order valence-electron chi connectivity index (χ4n) is 4.23. The van der Waals surface area contributed by atoms with Gasteiger partial charge in [0.15, 0.2) is 0 Å². The van der Waals surface area contributed by atoms with E-state index in [2.05, 4.69) is 58.1 Å². The van der Waals surface area contributed by atoms with Crippen LogP contribution in [0.5, 0.6) is 0 Å². The molecule has 4 rings (SSSR count). The number of aryl methyl sites for hydroxylation is 3. The molecule has 1 unspecified atom stereocenters. The van der Waals surface area contributed by atoms with Crippen LogP contribution in [0.4, 0.5) is 0 Å². The van der Waals surface area contributed by atoms with Gasteiger partial charge in [-0.15, -0.1) is 0 Å². The van der Waals surface area contributed by atoms with E-state index in [4.69, 9.17) is 0 Å². The Morgan fingerprint density at radius 2 is 2.12 bits per heavy atom. The molecule has 0 bridgehead atoms. The number of hydrogen-bond donors (Lipinski definition) is 0. The minimum Gasteiger partial charge on any atom is -0.298 e. The van der Waals surface area contributed by atoms with Crippen LogP contribution in [0.25, 0.3) is 5.78 Å². The van der Waals surface area contributed by atoms with Crippen molar-refractivity contribution < 1.29 is 0 Å². The van der Waals surface area contributed by atoms with E-state index in [1.54, 1.807) is 6.33 Å². The number of likely N-dealkylation sites (tertiary alicyclic amines) is 1. The molecule has 0 radical (unpaired) electrons. The van der Waals surface area contributed by atoms with Gasteiger partial charge in [-0.05, 0) is 62.4 Å². The number of piperidine rings is 1. The van der Waals surface area contributed by atoms with Crippen molar-refractivity contribution in [1.82, 2.24) is 24.5 Å². The highest BCUT2D eigenvalue weighted by molar-refractivity contribution is 5.35. The molecule has 1 atom stereocenters. The molecule has 0 saturated carbocycles. The summed E-state index contributed by atoms with van der Waals surface area (Å²) in [4.78, 5) is 11.4. The highest BCUT2D eigenvalue weighted by Gasteiger charge is 2.25. The van der Waals surface area contributed by atoms with E-state index in [0.717, 1.165) is 25.2 Å². The van der Waals surface area contributed by atoms with Gasteiger partial charge < -0.3 is 0 Å². The lowest BCUT2D eigenvalue weighted by Crippen LogP contribution is -2.35. The highest BCUT2D eigenvalue weighted by Crippen LogP contribution is 2.29. The molecule has 3 heterocycles. The van der Waals surface area contributed by atoms with Gasteiger partial charge in [0.1, 0.15) is 6.33 Å². The third kappa shape index (κ3) is 3.23. The summed E-state index contributed by atoms with van der Waals surface area (Å²) in [6, 6.07) is 8.87. The van der Waals surface area contributed by atoms with Crippen LogP contribution < -0.4 is 0 Å². The predicted molar refractivity (Wildman–Crippen MR) is 103 cm³/mol. The maximum atomic E-state index is 4.49. The van der Waals surface area contributed by atoms with Gasteiger partial charge in [-0.1, -0.05) is 25.1 Å². The highest BCUT2D eigenvalue weighted by atomic mass is 15.3. The van der Waals surface area contributed by atoms with E-state index < -0.39 is 0 Å². The summed E-state index contributed by atoms with van der Waals surface area (Å²) in [6.07, 6.45) is 5.11. The van der Waals surface area contributed by atoms with Crippen LogP contribution in [-0.4, -0.2) is 37.6 Å². The van der Waals surface area contributed by atoms with Crippen molar-refractivity contribution in [3.63, 3.8) is 0 Å². The SMILES string of the molecule is CCc1cccc(C)c1CN1CCCC(c2cc(C)nc3ncnn23)C1. The Labute approximate surface area is 155 Å². The molecule has 0 spiro atoms. The number of fused-ring (bicyclic) bond motifs is 1. The third-order valence-corrected chi connectivity index (χ3v) is 5.60. The molecule has 1 saturated heterocycles. The summed E-state index contributed by atoms with van der Waals surface area (Å²) in [5, 5.41) is 4.41. The largest absolute Gasteiger partial charge is 0.298 e. The van der Waals surface area contributed by atoms with Crippen molar-refractivity contribution >= 4 is 5.78 Å². The van der Waals surface area contributed by atoms with Crippen LogP contribution in [0.1, 0.15) is 53.8 Å². The molecule has 1 aliphatic heterocycles. The Hall–Kier alpha value is -2.27. The van der Waals surface area contributed by atoms with E-state index in [0.29, 0.717) is 11.7 Å². The molecule has 3 aromatic rings.